The van der Waals surface area contributed by atoms with Crippen molar-refractivity contribution in [3.63, 3.8) is 0 Å². The smallest absolute Gasteiger partial charge is 0.0674 e. The first kappa shape index (κ1) is 14.8. The van der Waals surface area contributed by atoms with Crippen molar-refractivity contribution in [2.75, 3.05) is 6.54 Å². The lowest BCUT2D eigenvalue weighted by molar-refractivity contribution is 0.603. The van der Waals surface area contributed by atoms with E-state index < -0.39 is 0 Å². The summed E-state index contributed by atoms with van der Waals surface area (Å²) in [4.78, 5) is 1.42. The Labute approximate surface area is 128 Å². The van der Waals surface area contributed by atoms with Gasteiger partial charge >= 0.3 is 0 Å². The van der Waals surface area contributed by atoms with Crippen molar-refractivity contribution < 1.29 is 0 Å². The quantitative estimate of drug-likeness (QED) is 0.788. The normalized spacial score (nSPS) is 12.6. The number of benzene rings is 1. The Morgan fingerprint density at radius 2 is 2.00 bits per heavy atom. The van der Waals surface area contributed by atoms with E-state index in [2.05, 4.69) is 71.7 Å². The highest BCUT2D eigenvalue weighted by Gasteiger charge is 2.17. The minimum Gasteiger partial charge on any atom is -0.306 e. The highest BCUT2D eigenvalue weighted by molar-refractivity contribution is 9.10. The van der Waals surface area contributed by atoms with Gasteiger partial charge in [0.2, 0.25) is 0 Å². The Morgan fingerprint density at radius 1 is 1.21 bits per heavy atom. The fourth-order valence-corrected chi connectivity index (χ4v) is 3.54. The lowest BCUT2D eigenvalue weighted by Gasteiger charge is -2.19. The molecular formula is C16H20BrNS. The maximum Gasteiger partial charge on any atom is 0.0674 e. The minimum atomic E-state index is 0.303. The summed E-state index contributed by atoms with van der Waals surface area (Å²) in [5.74, 6) is 0. The third-order valence-electron chi connectivity index (χ3n) is 3.29. The second-order valence-corrected chi connectivity index (χ2v) is 6.67. The van der Waals surface area contributed by atoms with Crippen molar-refractivity contribution in [2.24, 2.45) is 0 Å². The molecule has 1 nitrogen and oxygen atoms in total. The van der Waals surface area contributed by atoms with Crippen molar-refractivity contribution in [3.05, 3.63) is 55.7 Å². The molecule has 0 spiro atoms. The van der Waals surface area contributed by atoms with Crippen molar-refractivity contribution in [1.82, 2.24) is 5.32 Å². The Kier molecular flexibility index (Phi) is 5.20. The van der Waals surface area contributed by atoms with E-state index in [0.717, 1.165) is 13.0 Å². The summed E-state index contributed by atoms with van der Waals surface area (Å²) in [7, 11) is 0. The van der Waals surface area contributed by atoms with Gasteiger partial charge in [-0.25, -0.2) is 0 Å². The maximum atomic E-state index is 3.67. The molecule has 0 aliphatic heterocycles. The molecule has 1 aromatic carbocycles. The van der Waals surface area contributed by atoms with Gasteiger partial charge in [0.15, 0.2) is 0 Å². The van der Waals surface area contributed by atoms with Crippen LogP contribution in [0.15, 0.2) is 34.1 Å². The van der Waals surface area contributed by atoms with Crippen LogP contribution >= 0.6 is 27.3 Å². The minimum absolute atomic E-state index is 0.303. The number of rotatable bonds is 5. The van der Waals surface area contributed by atoms with Gasteiger partial charge in [0, 0.05) is 9.35 Å². The standard InChI is InChI=1S/C16H20BrNS/c1-4-8-18-15(16-12(3)7-9-19-16)13-6-5-11(2)14(17)10-13/h5-7,9-10,15,18H,4,8H2,1-3H3. The van der Waals surface area contributed by atoms with Crippen LogP contribution in [0.1, 0.15) is 41.0 Å². The molecule has 1 heterocycles. The van der Waals surface area contributed by atoms with Crippen molar-refractivity contribution in [1.29, 1.82) is 0 Å². The van der Waals surface area contributed by atoms with E-state index in [0.29, 0.717) is 6.04 Å². The topological polar surface area (TPSA) is 12.0 Å². The highest BCUT2D eigenvalue weighted by Crippen LogP contribution is 2.31. The molecule has 0 amide bonds. The average Bonchev–Trinajstić information content (AvgIpc) is 2.80. The molecule has 1 atom stereocenters. The summed E-state index contributed by atoms with van der Waals surface area (Å²) in [6, 6.07) is 9.15. The Balaban J connectivity index is 2.37. The third-order valence-corrected chi connectivity index (χ3v) is 5.23. The molecule has 0 aliphatic carbocycles. The van der Waals surface area contributed by atoms with Crippen LogP contribution in [0.25, 0.3) is 0 Å². The van der Waals surface area contributed by atoms with E-state index in [9.17, 15) is 0 Å². The van der Waals surface area contributed by atoms with Crippen LogP contribution in [-0.4, -0.2) is 6.54 Å². The molecule has 3 heteroatoms. The Hall–Kier alpha value is -0.640. The van der Waals surface area contributed by atoms with E-state index >= 15 is 0 Å². The summed E-state index contributed by atoms with van der Waals surface area (Å²) in [6.45, 7) is 7.55. The molecule has 0 saturated heterocycles. The van der Waals surface area contributed by atoms with Gasteiger partial charge in [-0.15, -0.1) is 11.3 Å². The Morgan fingerprint density at radius 3 is 2.58 bits per heavy atom. The largest absolute Gasteiger partial charge is 0.306 e. The molecule has 1 aromatic heterocycles. The molecule has 0 radical (unpaired) electrons. The van der Waals surface area contributed by atoms with Crippen molar-refractivity contribution >= 4 is 27.3 Å². The van der Waals surface area contributed by atoms with E-state index in [4.69, 9.17) is 0 Å². The first-order valence-corrected chi connectivity index (χ1v) is 8.34. The van der Waals surface area contributed by atoms with Crippen LogP contribution in [0.4, 0.5) is 0 Å². The third kappa shape index (κ3) is 3.47. The number of hydrogen-bond donors (Lipinski definition) is 1. The summed E-state index contributed by atoms with van der Waals surface area (Å²) in [5.41, 5.74) is 3.98. The molecule has 0 bridgehead atoms. The zero-order chi connectivity index (χ0) is 13.8. The fraction of sp³-hybridized carbons (Fsp3) is 0.375. The zero-order valence-electron chi connectivity index (χ0n) is 11.7. The molecule has 0 saturated carbocycles. The van der Waals surface area contributed by atoms with Gasteiger partial charge in [-0.2, -0.15) is 0 Å². The van der Waals surface area contributed by atoms with Gasteiger partial charge in [0.25, 0.3) is 0 Å². The SMILES string of the molecule is CCCNC(c1ccc(C)c(Br)c1)c1sccc1C. The van der Waals surface area contributed by atoms with Crippen LogP contribution in [-0.2, 0) is 0 Å². The van der Waals surface area contributed by atoms with Gasteiger partial charge in [0.1, 0.15) is 0 Å². The molecule has 0 fully saturated rings. The molecule has 2 rings (SSSR count). The summed E-state index contributed by atoms with van der Waals surface area (Å²) in [6.07, 6.45) is 1.15. The molecule has 0 aliphatic rings. The average molecular weight is 338 g/mol. The number of nitrogens with one attached hydrogen (secondary N) is 1. The zero-order valence-corrected chi connectivity index (χ0v) is 14.1. The molecule has 1 unspecified atom stereocenters. The van der Waals surface area contributed by atoms with Gasteiger partial charge < -0.3 is 5.32 Å². The van der Waals surface area contributed by atoms with Gasteiger partial charge in [-0.3, -0.25) is 0 Å². The lowest BCUT2D eigenvalue weighted by atomic mass is 10.0. The van der Waals surface area contributed by atoms with Crippen LogP contribution < -0.4 is 5.32 Å². The van der Waals surface area contributed by atoms with Crippen LogP contribution in [0.2, 0.25) is 0 Å². The first-order chi connectivity index (χ1) is 9.13. The highest BCUT2D eigenvalue weighted by atomic mass is 79.9. The van der Waals surface area contributed by atoms with Gasteiger partial charge in [-0.1, -0.05) is 35.0 Å². The van der Waals surface area contributed by atoms with Gasteiger partial charge in [-0.05, 0) is 61.0 Å². The van der Waals surface area contributed by atoms with Crippen LogP contribution in [0.3, 0.4) is 0 Å². The summed E-state index contributed by atoms with van der Waals surface area (Å²) < 4.78 is 1.18. The van der Waals surface area contributed by atoms with Crippen LogP contribution in [0, 0.1) is 13.8 Å². The Bertz CT molecular complexity index is 547. The van der Waals surface area contributed by atoms with Crippen molar-refractivity contribution in [2.45, 2.75) is 33.2 Å². The van der Waals surface area contributed by atoms with Crippen LogP contribution in [0.5, 0.6) is 0 Å². The summed E-state index contributed by atoms with van der Waals surface area (Å²) >= 11 is 5.48. The lowest BCUT2D eigenvalue weighted by Crippen LogP contribution is -2.23. The number of thiophene rings is 1. The van der Waals surface area contributed by atoms with E-state index in [1.165, 1.54) is 26.0 Å². The van der Waals surface area contributed by atoms with E-state index in [1.807, 2.05) is 11.3 Å². The van der Waals surface area contributed by atoms with Crippen molar-refractivity contribution in [3.8, 4) is 0 Å². The predicted octanol–water partition coefficient (Wildman–Crippen LogP) is 5.22. The van der Waals surface area contributed by atoms with E-state index in [1.54, 1.807) is 0 Å². The monoisotopic (exact) mass is 337 g/mol. The maximum absolute atomic E-state index is 3.67. The molecular weight excluding hydrogens is 318 g/mol. The molecule has 1 N–H and O–H groups in total. The second-order valence-electron chi connectivity index (χ2n) is 4.86. The summed E-state index contributed by atoms with van der Waals surface area (Å²) in [5, 5.41) is 5.84. The first-order valence-electron chi connectivity index (χ1n) is 6.67. The predicted molar refractivity (Wildman–Crippen MR) is 88.1 cm³/mol. The second kappa shape index (κ2) is 6.69. The number of halogens is 1. The van der Waals surface area contributed by atoms with E-state index in [-0.39, 0.29) is 0 Å². The number of aryl methyl sites for hydroxylation is 2. The molecule has 2 aromatic rings. The fourth-order valence-electron chi connectivity index (χ4n) is 2.12. The number of hydrogen-bond acceptors (Lipinski definition) is 2. The van der Waals surface area contributed by atoms with Gasteiger partial charge in [0.05, 0.1) is 6.04 Å². The molecule has 19 heavy (non-hydrogen) atoms. The molecule has 102 valence electrons.